The summed E-state index contributed by atoms with van der Waals surface area (Å²) in [4.78, 5) is 21.9. The average molecular weight is 205 g/mol. The lowest BCUT2D eigenvalue weighted by atomic mass is 9.99. The average Bonchev–Trinajstić information content (AvgIpc) is 2.18. The van der Waals surface area contributed by atoms with Gasteiger partial charge in [-0.15, -0.1) is 0 Å². The molecule has 15 heavy (non-hydrogen) atoms. The first-order chi connectivity index (χ1) is 7.00. The molecule has 0 spiro atoms. The van der Waals surface area contributed by atoms with Crippen molar-refractivity contribution in [1.82, 2.24) is 0 Å². The van der Waals surface area contributed by atoms with Crippen LogP contribution in [-0.4, -0.2) is 11.7 Å². The van der Waals surface area contributed by atoms with Crippen molar-refractivity contribution in [2.45, 2.75) is 20.3 Å². The number of ketones is 1. The van der Waals surface area contributed by atoms with Crippen LogP contribution in [0.3, 0.4) is 0 Å². The minimum Gasteiger partial charge on any atom is -0.369 e. The van der Waals surface area contributed by atoms with Gasteiger partial charge in [-0.1, -0.05) is 31.2 Å². The second kappa shape index (κ2) is 4.73. The maximum Gasteiger partial charge on any atom is 0.220 e. The summed E-state index contributed by atoms with van der Waals surface area (Å²) >= 11 is 0. The highest BCUT2D eigenvalue weighted by Gasteiger charge is 2.09. The number of primary amides is 1. The summed E-state index contributed by atoms with van der Waals surface area (Å²) in [5.74, 6) is -0.427. The van der Waals surface area contributed by atoms with E-state index in [0.717, 1.165) is 5.56 Å². The topological polar surface area (TPSA) is 60.2 Å². The standard InChI is InChI=1S/C12H15NO2/c1-8(12(13)15)7-10-3-5-11(6-4-10)9(2)14/h3-6,8H,7H2,1-2H3,(H2,13,15). The molecule has 3 heteroatoms. The number of amides is 1. The predicted molar refractivity (Wildman–Crippen MR) is 58.5 cm³/mol. The first-order valence-electron chi connectivity index (χ1n) is 4.90. The van der Waals surface area contributed by atoms with Crippen molar-refractivity contribution >= 4 is 11.7 Å². The van der Waals surface area contributed by atoms with Gasteiger partial charge in [0.25, 0.3) is 0 Å². The van der Waals surface area contributed by atoms with Crippen LogP contribution in [0, 0.1) is 5.92 Å². The molecule has 0 aliphatic carbocycles. The first kappa shape index (κ1) is 11.4. The summed E-state index contributed by atoms with van der Waals surface area (Å²) in [7, 11) is 0. The molecule has 0 saturated carbocycles. The largest absolute Gasteiger partial charge is 0.369 e. The van der Waals surface area contributed by atoms with Crippen molar-refractivity contribution in [1.29, 1.82) is 0 Å². The molecule has 0 saturated heterocycles. The fourth-order valence-corrected chi connectivity index (χ4v) is 1.33. The van der Waals surface area contributed by atoms with E-state index in [1.807, 2.05) is 12.1 Å². The van der Waals surface area contributed by atoms with Crippen LogP contribution in [0.1, 0.15) is 29.8 Å². The molecular weight excluding hydrogens is 190 g/mol. The van der Waals surface area contributed by atoms with Crippen LogP contribution in [-0.2, 0) is 11.2 Å². The second-order valence-electron chi connectivity index (χ2n) is 3.76. The second-order valence-corrected chi connectivity index (χ2v) is 3.76. The number of hydrogen-bond acceptors (Lipinski definition) is 2. The number of nitrogens with two attached hydrogens (primary N) is 1. The molecule has 0 aromatic heterocycles. The van der Waals surface area contributed by atoms with Gasteiger partial charge >= 0.3 is 0 Å². The Morgan fingerprint density at radius 3 is 2.20 bits per heavy atom. The van der Waals surface area contributed by atoms with E-state index in [9.17, 15) is 9.59 Å². The van der Waals surface area contributed by atoms with Gasteiger partial charge in [0.05, 0.1) is 0 Å². The molecule has 1 rings (SSSR count). The molecule has 80 valence electrons. The smallest absolute Gasteiger partial charge is 0.220 e. The summed E-state index contributed by atoms with van der Waals surface area (Å²) in [6, 6.07) is 7.25. The van der Waals surface area contributed by atoms with Crippen LogP contribution >= 0.6 is 0 Å². The summed E-state index contributed by atoms with van der Waals surface area (Å²) < 4.78 is 0. The summed E-state index contributed by atoms with van der Waals surface area (Å²) in [6.45, 7) is 3.32. The Bertz CT molecular complexity index is 368. The van der Waals surface area contributed by atoms with Crippen molar-refractivity contribution in [3.05, 3.63) is 35.4 Å². The quantitative estimate of drug-likeness (QED) is 0.758. The lowest BCUT2D eigenvalue weighted by Gasteiger charge is -2.07. The van der Waals surface area contributed by atoms with Crippen LogP contribution < -0.4 is 5.73 Å². The van der Waals surface area contributed by atoms with E-state index in [1.165, 1.54) is 6.92 Å². The van der Waals surface area contributed by atoms with E-state index in [4.69, 9.17) is 5.73 Å². The minimum atomic E-state index is -0.300. The van der Waals surface area contributed by atoms with Gasteiger partial charge in [-0.05, 0) is 18.9 Å². The number of carbonyl (C=O) groups is 2. The number of carbonyl (C=O) groups excluding carboxylic acids is 2. The Morgan fingerprint density at radius 1 is 1.27 bits per heavy atom. The molecule has 1 unspecified atom stereocenters. The Morgan fingerprint density at radius 2 is 1.80 bits per heavy atom. The van der Waals surface area contributed by atoms with Gasteiger partial charge in [-0.3, -0.25) is 9.59 Å². The Labute approximate surface area is 89.3 Å². The lowest BCUT2D eigenvalue weighted by Crippen LogP contribution is -2.22. The number of rotatable bonds is 4. The molecule has 1 aromatic rings. The number of Topliss-reactive ketones (excluding diaryl/α,β-unsaturated/α-hetero) is 1. The lowest BCUT2D eigenvalue weighted by molar-refractivity contribution is -0.121. The molecule has 2 N–H and O–H groups in total. The summed E-state index contributed by atoms with van der Waals surface area (Å²) in [5.41, 5.74) is 6.87. The van der Waals surface area contributed by atoms with E-state index in [-0.39, 0.29) is 17.6 Å². The van der Waals surface area contributed by atoms with Crippen molar-refractivity contribution in [3.63, 3.8) is 0 Å². The van der Waals surface area contributed by atoms with Crippen LogP contribution in [0.25, 0.3) is 0 Å². The Balaban J connectivity index is 2.72. The third-order valence-corrected chi connectivity index (χ3v) is 2.39. The number of hydrogen-bond donors (Lipinski definition) is 1. The molecule has 0 fully saturated rings. The van der Waals surface area contributed by atoms with Crippen molar-refractivity contribution < 1.29 is 9.59 Å². The molecule has 0 aliphatic heterocycles. The normalized spacial score (nSPS) is 12.1. The van der Waals surface area contributed by atoms with Gasteiger partial charge in [0.15, 0.2) is 5.78 Å². The van der Waals surface area contributed by atoms with Gasteiger partial charge in [-0.25, -0.2) is 0 Å². The van der Waals surface area contributed by atoms with Crippen LogP contribution in [0.15, 0.2) is 24.3 Å². The minimum absolute atomic E-state index is 0.0458. The monoisotopic (exact) mass is 205 g/mol. The fourth-order valence-electron chi connectivity index (χ4n) is 1.33. The maximum atomic E-state index is 11.0. The highest BCUT2D eigenvalue weighted by Crippen LogP contribution is 2.10. The van der Waals surface area contributed by atoms with Crippen LogP contribution in [0.4, 0.5) is 0 Å². The van der Waals surface area contributed by atoms with Crippen molar-refractivity contribution in [3.8, 4) is 0 Å². The zero-order valence-corrected chi connectivity index (χ0v) is 8.99. The summed E-state index contributed by atoms with van der Waals surface area (Å²) in [6.07, 6.45) is 0.619. The van der Waals surface area contributed by atoms with Gasteiger partial charge in [-0.2, -0.15) is 0 Å². The van der Waals surface area contributed by atoms with Gasteiger partial charge in [0.2, 0.25) is 5.91 Å². The highest BCUT2D eigenvalue weighted by atomic mass is 16.1. The van der Waals surface area contributed by atoms with Gasteiger partial charge < -0.3 is 5.73 Å². The first-order valence-corrected chi connectivity index (χ1v) is 4.90. The molecule has 0 aliphatic rings. The van der Waals surface area contributed by atoms with E-state index in [2.05, 4.69) is 0 Å². The molecule has 0 bridgehead atoms. The third-order valence-electron chi connectivity index (χ3n) is 2.39. The Hall–Kier alpha value is -1.64. The molecule has 1 amide bonds. The third kappa shape index (κ3) is 3.20. The molecule has 3 nitrogen and oxygen atoms in total. The van der Waals surface area contributed by atoms with Crippen LogP contribution in [0.2, 0.25) is 0 Å². The van der Waals surface area contributed by atoms with Crippen LogP contribution in [0.5, 0.6) is 0 Å². The van der Waals surface area contributed by atoms with E-state index >= 15 is 0 Å². The highest BCUT2D eigenvalue weighted by molar-refractivity contribution is 5.94. The SMILES string of the molecule is CC(=O)c1ccc(CC(C)C(N)=O)cc1. The van der Waals surface area contributed by atoms with Gasteiger partial charge in [0, 0.05) is 11.5 Å². The number of benzene rings is 1. The molecule has 1 aromatic carbocycles. The Kier molecular flexibility index (Phi) is 3.61. The van der Waals surface area contributed by atoms with E-state index < -0.39 is 0 Å². The van der Waals surface area contributed by atoms with Gasteiger partial charge in [0.1, 0.15) is 0 Å². The van der Waals surface area contributed by atoms with Crippen molar-refractivity contribution in [2.24, 2.45) is 11.7 Å². The molecular formula is C12H15NO2. The predicted octanol–water partition coefficient (Wildman–Crippen LogP) is 1.55. The van der Waals surface area contributed by atoms with Crippen molar-refractivity contribution in [2.75, 3.05) is 0 Å². The zero-order chi connectivity index (χ0) is 11.4. The van der Waals surface area contributed by atoms with E-state index in [0.29, 0.717) is 12.0 Å². The zero-order valence-electron chi connectivity index (χ0n) is 8.99. The summed E-state index contributed by atoms with van der Waals surface area (Å²) in [5, 5.41) is 0. The fraction of sp³-hybridized carbons (Fsp3) is 0.333. The molecule has 1 atom stereocenters. The molecule has 0 heterocycles. The van der Waals surface area contributed by atoms with E-state index in [1.54, 1.807) is 19.1 Å². The molecule has 0 radical (unpaired) electrons. The maximum absolute atomic E-state index is 11.0.